The molecule has 0 aliphatic carbocycles. The Hall–Kier alpha value is -3.94. The highest BCUT2D eigenvalue weighted by molar-refractivity contribution is 5.99. The zero-order valence-electron chi connectivity index (χ0n) is 16.8. The number of hydrogen-bond acceptors (Lipinski definition) is 8. The number of allylic oxidation sites excluding steroid dienone is 1. The van der Waals surface area contributed by atoms with E-state index in [9.17, 15) is 19.8 Å². The predicted molar refractivity (Wildman–Crippen MR) is 109 cm³/mol. The van der Waals surface area contributed by atoms with Gasteiger partial charge in [-0.2, -0.15) is 0 Å². The number of ether oxygens (including phenoxy) is 3. The molecule has 0 saturated heterocycles. The van der Waals surface area contributed by atoms with Crippen molar-refractivity contribution >= 4 is 16.9 Å². The summed E-state index contributed by atoms with van der Waals surface area (Å²) < 4.78 is 21.4. The Labute approximate surface area is 171 Å². The molecule has 0 amide bonds. The molecule has 30 heavy (non-hydrogen) atoms. The van der Waals surface area contributed by atoms with Crippen LogP contribution in [0.1, 0.15) is 13.8 Å². The molecular formula is C22H20O8. The minimum absolute atomic E-state index is 0.0413. The lowest BCUT2D eigenvalue weighted by Crippen LogP contribution is -2.12. The number of aromatic hydroxyl groups is 2. The summed E-state index contributed by atoms with van der Waals surface area (Å²) in [7, 11) is 2.47. The van der Waals surface area contributed by atoms with Crippen LogP contribution in [0.25, 0.3) is 22.3 Å². The van der Waals surface area contributed by atoms with E-state index in [2.05, 4.69) is 0 Å². The molecule has 8 nitrogen and oxygen atoms in total. The van der Waals surface area contributed by atoms with E-state index in [4.69, 9.17) is 18.6 Å². The standard InChI is InChI=1S/C22H20O8/c1-5-11(2)22(26)30-21-16(25)19(27-3)14(23)13-15(24)20(28-4)17(29-18(13)21)12-9-7-6-8-10-12/h5-10,23,25H,1-4H3. The molecule has 3 aromatic rings. The fourth-order valence-corrected chi connectivity index (χ4v) is 2.87. The smallest absolute Gasteiger partial charge is 0.339 e. The first-order valence-corrected chi connectivity index (χ1v) is 8.92. The average molecular weight is 412 g/mol. The van der Waals surface area contributed by atoms with E-state index in [1.807, 2.05) is 0 Å². The normalized spacial score (nSPS) is 11.4. The molecule has 0 radical (unpaired) electrons. The Balaban J connectivity index is 2.46. The van der Waals surface area contributed by atoms with Gasteiger partial charge in [0.05, 0.1) is 14.2 Å². The summed E-state index contributed by atoms with van der Waals surface area (Å²) in [6.07, 6.45) is 1.52. The second kappa shape index (κ2) is 8.20. The Kier molecular flexibility index (Phi) is 5.68. The minimum atomic E-state index is -0.776. The maximum atomic E-state index is 13.1. The first-order valence-electron chi connectivity index (χ1n) is 8.92. The SMILES string of the molecule is CC=C(C)C(=O)Oc1c(O)c(OC)c(O)c2c(=O)c(OC)c(-c3ccccc3)oc12. The van der Waals surface area contributed by atoms with Gasteiger partial charge in [-0.05, 0) is 13.8 Å². The summed E-state index contributed by atoms with van der Waals surface area (Å²) in [5.74, 6) is -3.15. The van der Waals surface area contributed by atoms with Gasteiger partial charge >= 0.3 is 5.97 Å². The number of benzene rings is 2. The molecule has 8 heteroatoms. The Bertz CT molecular complexity index is 1210. The molecule has 156 valence electrons. The number of fused-ring (bicyclic) bond motifs is 1. The quantitative estimate of drug-likeness (QED) is 0.370. The molecule has 0 atom stereocenters. The number of esters is 1. The van der Waals surface area contributed by atoms with Crippen LogP contribution in [0, 0.1) is 0 Å². The zero-order valence-corrected chi connectivity index (χ0v) is 16.8. The van der Waals surface area contributed by atoms with Crippen molar-refractivity contribution in [2.75, 3.05) is 14.2 Å². The third-order valence-corrected chi connectivity index (χ3v) is 4.55. The molecule has 1 aromatic heterocycles. The van der Waals surface area contributed by atoms with Crippen molar-refractivity contribution in [2.24, 2.45) is 0 Å². The van der Waals surface area contributed by atoms with Gasteiger partial charge in [0, 0.05) is 11.1 Å². The lowest BCUT2D eigenvalue weighted by atomic mass is 10.1. The van der Waals surface area contributed by atoms with Crippen LogP contribution in [0.4, 0.5) is 0 Å². The van der Waals surface area contributed by atoms with Crippen molar-refractivity contribution in [3.8, 4) is 40.1 Å². The first kappa shape index (κ1) is 20.8. The van der Waals surface area contributed by atoms with Gasteiger partial charge < -0.3 is 28.8 Å². The Morgan fingerprint density at radius 3 is 2.20 bits per heavy atom. The van der Waals surface area contributed by atoms with Crippen LogP contribution < -0.4 is 19.6 Å². The number of methoxy groups -OCH3 is 2. The van der Waals surface area contributed by atoms with Crippen LogP contribution in [0.3, 0.4) is 0 Å². The van der Waals surface area contributed by atoms with Gasteiger partial charge in [0.2, 0.25) is 28.4 Å². The molecule has 0 aliphatic heterocycles. The minimum Gasteiger partial charge on any atom is -0.504 e. The molecular weight excluding hydrogens is 392 g/mol. The van der Waals surface area contributed by atoms with Crippen molar-refractivity contribution in [1.82, 2.24) is 0 Å². The van der Waals surface area contributed by atoms with Gasteiger partial charge in [0.15, 0.2) is 17.1 Å². The maximum absolute atomic E-state index is 13.1. The van der Waals surface area contributed by atoms with Crippen LogP contribution in [-0.4, -0.2) is 30.4 Å². The molecule has 1 heterocycles. The van der Waals surface area contributed by atoms with Crippen molar-refractivity contribution in [1.29, 1.82) is 0 Å². The number of phenolic OH excluding ortho intramolecular Hbond substituents is 2. The summed E-state index contributed by atoms with van der Waals surface area (Å²) in [6.45, 7) is 3.16. The van der Waals surface area contributed by atoms with E-state index in [0.29, 0.717) is 5.56 Å². The fraction of sp³-hybridized carbons (Fsp3) is 0.182. The molecule has 0 bridgehead atoms. The van der Waals surface area contributed by atoms with Gasteiger partial charge in [0.1, 0.15) is 5.39 Å². The summed E-state index contributed by atoms with van der Waals surface area (Å²) >= 11 is 0. The summed E-state index contributed by atoms with van der Waals surface area (Å²) in [4.78, 5) is 25.5. The third-order valence-electron chi connectivity index (χ3n) is 4.55. The van der Waals surface area contributed by atoms with Crippen LogP contribution in [-0.2, 0) is 4.79 Å². The largest absolute Gasteiger partial charge is 0.504 e. The van der Waals surface area contributed by atoms with Crippen LogP contribution in [0.5, 0.6) is 28.7 Å². The molecule has 2 aromatic carbocycles. The number of hydrogen-bond donors (Lipinski definition) is 2. The lowest BCUT2D eigenvalue weighted by molar-refractivity contribution is -0.130. The Morgan fingerprint density at radius 1 is 1.00 bits per heavy atom. The van der Waals surface area contributed by atoms with E-state index in [0.717, 1.165) is 0 Å². The molecule has 0 saturated carbocycles. The summed E-state index contributed by atoms with van der Waals surface area (Å²) in [5, 5.41) is 20.8. The summed E-state index contributed by atoms with van der Waals surface area (Å²) in [5.41, 5.74) is -0.292. The topological polar surface area (TPSA) is 115 Å². The van der Waals surface area contributed by atoms with Gasteiger partial charge in [0.25, 0.3) is 0 Å². The highest BCUT2D eigenvalue weighted by atomic mass is 16.6. The number of carbonyl (C=O) groups is 1. The Morgan fingerprint density at radius 2 is 1.63 bits per heavy atom. The van der Waals surface area contributed by atoms with Gasteiger partial charge in [-0.1, -0.05) is 36.4 Å². The second-order valence-electron chi connectivity index (χ2n) is 6.28. The number of phenols is 2. The zero-order chi connectivity index (χ0) is 22.0. The highest BCUT2D eigenvalue weighted by Crippen LogP contribution is 2.50. The molecule has 3 rings (SSSR count). The van der Waals surface area contributed by atoms with Crippen LogP contribution in [0.2, 0.25) is 0 Å². The van der Waals surface area contributed by atoms with E-state index in [-0.39, 0.29) is 28.1 Å². The maximum Gasteiger partial charge on any atom is 0.339 e. The van der Waals surface area contributed by atoms with Crippen molar-refractivity contribution in [3.05, 3.63) is 52.2 Å². The van der Waals surface area contributed by atoms with Crippen molar-refractivity contribution in [3.63, 3.8) is 0 Å². The lowest BCUT2D eigenvalue weighted by Gasteiger charge is -2.16. The monoisotopic (exact) mass is 412 g/mol. The predicted octanol–water partition coefficient (Wildman–Crippen LogP) is 3.76. The third kappa shape index (κ3) is 3.32. The van der Waals surface area contributed by atoms with E-state index >= 15 is 0 Å². The van der Waals surface area contributed by atoms with Crippen molar-refractivity contribution < 1.29 is 33.6 Å². The van der Waals surface area contributed by atoms with Crippen molar-refractivity contribution in [2.45, 2.75) is 13.8 Å². The molecule has 0 aliphatic rings. The van der Waals surface area contributed by atoms with Gasteiger partial charge in [-0.3, -0.25) is 4.79 Å². The van der Waals surface area contributed by atoms with Crippen LogP contribution >= 0.6 is 0 Å². The van der Waals surface area contributed by atoms with E-state index in [1.165, 1.54) is 27.2 Å². The molecule has 0 spiro atoms. The van der Waals surface area contributed by atoms with E-state index < -0.39 is 34.4 Å². The van der Waals surface area contributed by atoms with E-state index in [1.54, 1.807) is 37.3 Å². The van der Waals surface area contributed by atoms with Gasteiger partial charge in [-0.15, -0.1) is 0 Å². The first-order chi connectivity index (χ1) is 14.3. The number of rotatable bonds is 5. The molecule has 0 unspecified atom stereocenters. The number of carbonyl (C=O) groups excluding carboxylic acids is 1. The van der Waals surface area contributed by atoms with Crippen LogP contribution in [0.15, 0.2) is 51.2 Å². The average Bonchev–Trinajstić information content (AvgIpc) is 2.76. The fourth-order valence-electron chi connectivity index (χ4n) is 2.87. The summed E-state index contributed by atoms with van der Waals surface area (Å²) in [6, 6.07) is 8.62. The molecule has 0 fully saturated rings. The highest BCUT2D eigenvalue weighted by Gasteiger charge is 2.30. The second-order valence-corrected chi connectivity index (χ2v) is 6.28. The van der Waals surface area contributed by atoms with Gasteiger partial charge in [-0.25, -0.2) is 4.79 Å². The molecule has 2 N–H and O–H groups in total.